The number of hydrogen-bond acceptors (Lipinski definition) is 4. The van der Waals surface area contributed by atoms with E-state index in [-0.39, 0.29) is 5.69 Å². The van der Waals surface area contributed by atoms with Crippen LogP contribution in [0.2, 0.25) is 0 Å². The molecule has 0 saturated heterocycles. The van der Waals surface area contributed by atoms with Crippen LogP contribution in [-0.4, -0.2) is 35.9 Å². The molecule has 1 aromatic carbocycles. The summed E-state index contributed by atoms with van der Waals surface area (Å²) in [6.45, 7) is 0.391. The van der Waals surface area contributed by atoms with Gasteiger partial charge in [-0.15, -0.1) is 5.10 Å². The van der Waals surface area contributed by atoms with Gasteiger partial charge in [0.1, 0.15) is 5.69 Å². The van der Waals surface area contributed by atoms with Crippen molar-refractivity contribution < 1.29 is 9.90 Å². The Morgan fingerprint density at radius 3 is 2.84 bits per heavy atom. The quantitative estimate of drug-likeness (QED) is 0.753. The Morgan fingerprint density at radius 2 is 2.16 bits per heavy atom. The van der Waals surface area contributed by atoms with Crippen LogP contribution in [0.3, 0.4) is 0 Å². The minimum absolute atomic E-state index is 0.0551. The predicted octanol–water partition coefficient (Wildman–Crippen LogP) is 0.911. The third-order valence-electron chi connectivity index (χ3n) is 2.82. The summed E-state index contributed by atoms with van der Waals surface area (Å²) in [4.78, 5) is 11.2. The van der Waals surface area contributed by atoms with E-state index in [0.717, 1.165) is 11.2 Å². The van der Waals surface area contributed by atoms with Crippen molar-refractivity contribution in [2.24, 2.45) is 7.05 Å². The molecule has 0 spiro atoms. The second-order valence-corrected chi connectivity index (χ2v) is 4.21. The van der Waals surface area contributed by atoms with E-state index in [4.69, 9.17) is 5.11 Å². The van der Waals surface area contributed by atoms with Crippen LogP contribution in [-0.2, 0) is 13.6 Å². The minimum atomic E-state index is -1.03. The summed E-state index contributed by atoms with van der Waals surface area (Å²) < 4.78 is 3.22. The van der Waals surface area contributed by atoms with Crippen LogP contribution in [0.1, 0.15) is 16.2 Å². The first-order valence-corrected chi connectivity index (χ1v) is 5.69. The highest BCUT2D eigenvalue weighted by Gasteiger charge is 2.16. The summed E-state index contributed by atoms with van der Waals surface area (Å²) in [6, 6.07) is 7.23. The van der Waals surface area contributed by atoms with Crippen LogP contribution in [0.15, 0.2) is 30.5 Å². The van der Waals surface area contributed by atoms with Crippen molar-refractivity contribution in [1.29, 1.82) is 0 Å². The standard InChI is InChI=1S/C12H11N5O2/c1-16-6-8(13-15-16)7-17-10-5-3-2-4-9(10)11(14-17)12(18)19/h2-6H,7H2,1H3,(H,18,19). The van der Waals surface area contributed by atoms with Crippen LogP contribution in [0.25, 0.3) is 10.9 Å². The lowest BCUT2D eigenvalue weighted by atomic mass is 10.2. The number of aryl methyl sites for hydroxylation is 1. The zero-order valence-electron chi connectivity index (χ0n) is 10.2. The highest BCUT2D eigenvalue weighted by Crippen LogP contribution is 2.19. The molecule has 0 atom stereocenters. The van der Waals surface area contributed by atoms with E-state index >= 15 is 0 Å². The lowest BCUT2D eigenvalue weighted by Crippen LogP contribution is -2.04. The van der Waals surface area contributed by atoms with Gasteiger partial charge in [-0.25, -0.2) is 4.79 Å². The fraction of sp³-hybridized carbons (Fsp3) is 0.167. The third-order valence-corrected chi connectivity index (χ3v) is 2.82. The number of para-hydroxylation sites is 1. The first-order chi connectivity index (χ1) is 9.15. The smallest absolute Gasteiger partial charge is 0.357 e. The van der Waals surface area contributed by atoms with Crippen molar-refractivity contribution in [1.82, 2.24) is 24.8 Å². The number of fused-ring (bicyclic) bond motifs is 1. The highest BCUT2D eigenvalue weighted by molar-refractivity contribution is 6.01. The fourth-order valence-corrected chi connectivity index (χ4v) is 2.03. The number of aromatic carboxylic acids is 1. The Bertz CT molecular complexity index is 758. The van der Waals surface area contributed by atoms with Gasteiger partial charge in [-0.05, 0) is 6.07 Å². The van der Waals surface area contributed by atoms with E-state index in [0.29, 0.717) is 11.9 Å². The molecule has 96 valence electrons. The van der Waals surface area contributed by atoms with Crippen molar-refractivity contribution >= 4 is 16.9 Å². The normalized spacial score (nSPS) is 11.0. The molecular weight excluding hydrogens is 246 g/mol. The van der Waals surface area contributed by atoms with Crippen molar-refractivity contribution in [3.63, 3.8) is 0 Å². The molecule has 0 aliphatic heterocycles. The summed E-state index contributed by atoms with van der Waals surface area (Å²) in [6.07, 6.45) is 1.77. The molecule has 3 rings (SSSR count). The number of carbonyl (C=O) groups is 1. The lowest BCUT2D eigenvalue weighted by molar-refractivity contribution is 0.0691. The molecule has 0 fully saturated rings. The first-order valence-electron chi connectivity index (χ1n) is 5.69. The molecule has 0 amide bonds. The molecule has 7 heteroatoms. The van der Waals surface area contributed by atoms with Crippen LogP contribution < -0.4 is 0 Å². The van der Waals surface area contributed by atoms with Gasteiger partial charge in [0.25, 0.3) is 0 Å². The number of aromatic nitrogens is 5. The van der Waals surface area contributed by atoms with Crippen molar-refractivity contribution in [2.45, 2.75) is 6.54 Å². The van der Waals surface area contributed by atoms with E-state index in [1.54, 1.807) is 34.7 Å². The molecule has 2 heterocycles. The van der Waals surface area contributed by atoms with Crippen LogP contribution >= 0.6 is 0 Å². The maximum absolute atomic E-state index is 11.2. The first kappa shape index (κ1) is 11.4. The van der Waals surface area contributed by atoms with E-state index in [1.807, 2.05) is 12.1 Å². The van der Waals surface area contributed by atoms with Gasteiger partial charge in [0.15, 0.2) is 5.69 Å². The van der Waals surface area contributed by atoms with Crippen LogP contribution in [0, 0.1) is 0 Å². The number of carboxylic acid groups (broad SMARTS) is 1. The van der Waals surface area contributed by atoms with Gasteiger partial charge < -0.3 is 5.11 Å². The summed E-state index contributed by atoms with van der Waals surface area (Å²) in [5, 5.41) is 21.7. The summed E-state index contributed by atoms with van der Waals surface area (Å²) in [5.41, 5.74) is 1.55. The summed E-state index contributed by atoms with van der Waals surface area (Å²) in [7, 11) is 1.78. The number of benzene rings is 1. The molecular formula is C12H11N5O2. The Morgan fingerprint density at radius 1 is 1.37 bits per heavy atom. The zero-order valence-corrected chi connectivity index (χ0v) is 10.2. The molecule has 0 unspecified atom stereocenters. The van der Waals surface area contributed by atoms with Crippen molar-refractivity contribution in [3.8, 4) is 0 Å². The van der Waals surface area contributed by atoms with Gasteiger partial charge in [0.05, 0.1) is 12.1 Å². The molecule has 0 aliphatic carbocycles. The average Bonchev–Trinajstić information content (AvgIpc) is 2.95. The Hall–Kier alpha value is -2.70. The zero-order chi connectivity index (χ0) is 13.4. The van der Waals surface area contributed by atoms with Crippen LogP contribution in [0.4, 0.5) is 0 Å². The predicted molar refractivity (Wildman–Crippen MR) is 66.8 cm³/mol. The number of hydrogen-bond donors (Lipinski definition) is 1. The Labute approximate surface area is 108 Å². The molecule has 0 aliphatic rings. The molecule has 0 bridgehead atoms. The average molecular weight is 257 g/mol. The molecule has 2 aromatic heterocycles. The van der Waals surface area contributed by atoms with E-state index in [9.17, 15) is 4.79 Å². The highest BCUT2D eigenvalue weighted by atomic mass is 16.4. The Balaban J connectivity index is 2.11. The summed E-state index contributed by atoms with van der Waals surface area (Å²) in [5.74, 6) is -1.03. The second-order valence-electron chi connectivity index (χ2n) is 4.21. The van der Waals surface area contributed by atoms with Gasteiger partial charge >= 0.3 is 5.97 Å². The van der Waals surface area contributed by atoms with Gasteiger partial charge in [0.2, 0.25) is 0 Å². The van der Waals surface area contributed by atoms with Gasteiger partial charge in [0, 0.05) is 18.6 Å². The molecule has 1 N–H and O–H groups in total. The second kappa shape index (κ2) is 4.20. The van der Waals surface area contributed by atoms with E-state index < -0.39 is 5.97 Å². The van der Waals surface area contributed by atoms with Crippen LogP contribution in [0.5, 0.6) is 0 Å². The lowest BCUT2D eigenvalue weighted by Gasteiger charge is -1.99. The van der Waals surface area contributed by atoms with Crippen molar-refractivity contribution in [3.05, 3.63) is 41.9 Å². The number of nitrogens with zero attached hydrogens (tertiary/aromatic N) is 5. The molecule has 0 saturated carbocycles. The topological polar surface area (TPSA) is 85.8 Å². The minimum Gasteiger partial charge on any atom is -0.476 e. The largest absolute Gasteiger partial charge is 0.476 e. The maximum atomic E-state index is 11.2. The Kier molecular flexibility index (Phi) is 2.52. The monoisotopic (exact) mass is 257 g/mol. The molecule has 0 radical (unpaired) electrons. The number of carboxylic acids is 1. The van der Waals surface area contributed by atoms with Gasteiger partial charge in [-0.1, -0.05) is 23.4 Å². The maximum Gasteiger partial charge on any atom is 0.357 e. The van der Waals surface area contributed by atoms with E-state index in [2.05, 4.69) is 15.4 Å². The molecule has 3 aromatic rings. The third kappa shape index (κ3) is 1.95. The SMILES string of the molecule is Cn1cc(Cn2nc(C(=O)O)c3ccccc32)nn1. The fourth-order valence-electron chi connectivity index (χ4n) is 2.03. The van der Waals surface area contributed by atoms with E-state index in [1.165, 1.54) is 0 Å². The summed E-state index contributed by atoms with van der Waals surface area (Å²) >= 11 is 0. The molecule has 7 nitrogen and oxygen atoms in total. The number of rotatable bonds is 3. The van der Waals surface area contributed by atoms with Gasteiger partial charge in [-0.3, -0.25) is 9.36 Å². The van der Waals surface area contributed by atoms with Gasteiger partial charge in [-0.2, -0.15) is 5.10 Å². The van der Waals surface area contributed by atoms with Crippen molar-refractivity contribution in [2.75, 3.05) is 0 Å². The molecule has 19 heavy (non-hydrogen) atoms.